The van der Waals surface area contributed by atoms with E-state index in [0.29, 0.717) is 16.6 Å². The van der Waals surface area contributed by atoms with Gasteiger partial charge in [-0.15, -0.1) is 6.42 Å². The first-order valence-corrected chi connectivity index (χ1v) is 11.0. The molecule has 0 radical (unpaired) electrons. The van der Waals surface area contributed by atoms with Crippen LogP contribution in [0.4, 0.5) is 11.4 Å². The van der Waals surface area contributed by atoms with Crippen LogP contribution in [0, 0.1) is 12.3 Å². The Morgan fingerprint density at radius 3 is 1.91 bits per heavy atom. The van der Waals surface area contributed by atoms with E-state index in [1.165, 1.54) is 0 Å². The molecule has 1 amide bonds. The van der Waals surface area contributed by atoms with E-state index in [-0.39, 0.29) is 12.5 Å². The van der Waals surface area contributed by atoms with Crippen molar-refractivity contribution in [3.8, 4) is 34.9 Å². The molecule has 170 valence electrons. The van der Waals surface area contributed by atoms with Gasteiger partial charge in [0.2, 0.25) is 0 Å². The lowest BCUT2D eigenvalue weighted by Crippen LogP contribution is -2.23. The smallest absolute Gasteiger partial charge is 0.252 e. The highest BCUT2D eigenvalue weighted by Crippen LogP contribution is 2.34. The van der Waals surface area contributed by atoms with Gasteiger partial charge in [-0.25, -0.2) is 9.97 Å². The number of terminal acetylenes is 1. The Morgan fingerprint density at radius 1 is 0.824 bits per heavy atom. The number of benzene rings is 3. The molecule has 34 heavy (non-hydrogen) atoms. The zero-order valence-electron chi connectivity index (χ0n) is 19.8. The molecule has 0 spiro atoms. The second-order valence-electron chi connectivity index (χ2n) is 8.40. The Morgan fingerprint density at radius 2 is 1.38 bits per heavy atom. The third kappa shape index (κ3) is 4.69. The maximum atomic E-state index is 12.4. The van der Waals surface area contributed by atoms with Gasteiger partial charge < -0.3 is 15.1 Å². The van der Waals surface area contributed by atoms with Gasteiger partial charge in [0.25, 0.3) is 5.91 Å². The van der Waals surface area contributed by atoms with Crippen LogP contribution in [0.3, 0.4) is 0 Å². The zero-order valence-corrected chi connectivity index (χ0v) is 19.8. The number of carbonyl (C=O) groups excluding carboxylic acids is 1. The first-order chi connectivity index (χ1) is 16.4. The number of anilines is 2. The van der Waals surface area contributed by atoms with Gasteiger partial charge in [0.1, 0.15) is 0 Å². The second kappa shape index (κ2) is 9.63. The van der Waals surface area contributed by atoms with E-state index in [0.717, 1.165) is 33.9 Å². The van der Waals surface area contributed by atoms with Gasteiger partial charge >= 0.3 is 0 Å². The number of rotatable bonds is 6. The number of hydrogen-bond donors (Lipinski definition) is 1. The molecule has 0 aliphatic heterocycles. The molecular formula is C28H27N5O. The normalized spacial score (nSPS) is 10.6. The van der Waals surface area contributed by atoms with Gasteiger partial charge in [0.05, 0.1) is 29.0 Å². The first kappa shape index (κ1) is 22.8. The topological polar surface area (TPSA) is 61.4 Å². The molecule has 0 unspecified atom stereocenters. The number of aromatic nitrogens is 2. The van der Waals surface area contributed by atoms with Gasteiger partial charge in [0.15, 0.2) is 0 Å². The molecule has 1 aromatic heterocycles. The molecule has 3 aromatic carbocycles. The zero-order chi connectivity index (χ0) is 24.2. The van der Waals surface area contributed by atoms with Crippen LogP contribution in [-0.2, 0) is 0 Å². The average Bonchev–Trinajstić information content (AvgIpc) is 2.86. The Kier molecular flexibility index (Phi) is 6.46. The molecule has 1 heterocycles. The van der Waals surface area contributed by atoms with E-state index in [1.54, 1.807) is 12.1 Å². The van der Waals surface area contributed by atoms with Crippen molar-refractivity contribution in [1.82, 2.24) is 15.3 Å². The summed E-state index contributed by atoms with van der Waals surface area (Å²) in [5, 5.41) is 2.70. The maximum Gasteiger partial charge on any atom is 0.252 e. The monoisotopic (exact) mass is 449 g/mol. The van der Waals surface area contributed by atoms with Crippen molar-refractivity contribution in [2.75, 3.05) is 44.5 Å². The SMILES string of the molecule is C#CCNC(=O)c1ccc2nc(-c3cccc(N(C)C)c3)c(-c3cccc(N(C)C)c3)nc2c1. The maximum absolute atomic E-state index is 12.4. The fraction of sp³-hybridized carbons (Fsp3) is 0.179. The van der Waals surface area contributed by atoms with Crippen LogP contribution in [0.25, 0.3) is 33.5 Å². The molecule has 0 aliphatic carbocycles. The molecule has 1 N–H and O–H groups in total. The summed E-state index contributed by atoms with van der Waals surface area (Å²) in [4.78, 5) is 26.6. The highest BCUT2D eigenvalue weighted by atomic mass is 16.1. The Hall–Kier alpha value is -4.37. The summed E-state index contributed by atoms with van der Waals surface area (Å²) < 4.78 is 0. The quantitative estimate of drug-likeness (QED) is 0.441. The van der Waals surface area contributed by atoms with Crippen molar-refractivity contribution in [1.29, 1.82) is 0 Å². The van der Waals surface area contributed by atoms with Crippen molar-refractivity contribution in [2.45, 2.75) is 0 Å². The summed E-state index contributed by atoms with van der Waals surface area (Å²) >= 11 is 0. The highest BCUT2D eigenvalue weighted by Gasteiger charge is 2.16. The number of hydrogen-bond acceptors (Lipinski definition) is 5. The Balaban J connectivity index is 1.93. The summed E-state index contributed by atoms with van der Waals surface area (Å²) in [5.41, 5.74) is 7.46. The predicted molar refractivity (Wildman–Crippen MR) is 140 cm³/mol. The third-order valence-corrected chi connectivity index (χ3v) is 5.55. The third-order valence-electron chi connectivity index (χ3n) is 5.55. The molecule has 0 aliphatic rings. The van der Waals surface area contributed by atoms with Crippen molar-refractivity contribution in [2.24, 2.45) is 0 Å². The highest BCUT2D eigenvalue weighted by molar-refractivity contribution is 5.98. The summed E-state index contributed by atoms with van der Waals surface area (Å²) in [7, 11) is 8.04. The van der Waals surface area contributed by atoms with E-state index in [1.807, 2.05) is 58.5 Å². The first-order valence-electron chi connectivity index (χ1n) is 11.0. The standard InChI is InChI=1S/C28H27N5O/c1-6-15-29-28(34)21-13-14-24-25(18-21)31-27(20-10-8-12-23(17-20)33(4)5)26(30-24)19-9-7-11-22(16-19)32(2)3/h1,7-14,16-18H,15H2,2-5H3,(H,29,34). The van der Waals surface area contributed by atoms with Crippen molar-refractivity contribution in [3.05, 3.63) is 72.3 Å². The molecule has 6 nitrogen and oxygen atoms in total. The van der Waals surface area contributed by atoms with Gasteiger partial charge in [-0.1, -0.05) is 30.2 Å². The summed E-state index contributed by atoms with van der Waals surface area (Å²) in [6.45, 7) is 0.173. The molecule has 0 fully saturated rings. The van der Waals surface area contributed by atoms with Gasteiger partial charge in [-0.2, -0.15) is 0 Å². The fourth-order valence-electron chi connectivity index (χ4n) is 3.69. The minimum Gasteiger partial charge on any atom is -0.378 e. The van der Waals surface area contributed by atoms with Crippen molar-refractivity contribution < 1.29 is 4.79 Å². The lowest BCUT2D eigenvalue weighted by Gasteiger charge is -2.17. The summed E-state index contributed by atoms with van der Waals surface area (Å²) in [6.07, 6.45) is 5.27. The van der Waals surface area contributed by atoms with Crippen LogP contribution >= 0.6 is 0 Å². The molecule has 0 bridgehead atoms. The van der Waals surface area contributed by atoms with Crippen LogP contribution < -0.4 is 15.1 Å². The lowest BCUT2D eigenvalue weighted by molar-refractivity contribution is 0.0959. The largest absolute Gasteiger partial charge is 0.378 e. The van der Waals surface area contributed by atoms with E-state index < -0.39 is 0 Å². The van der Waals surface area contributed by atoms with Crippen LogP contribution in [0.5, 0.6) is 0 Å². The predicted octanol–water partition coefficient (Wildman–Crippen LogP) is 4.46. The van der Waals surface area contributed by atoms with E-state index >= 15 is 0 Å². The lowest BCUT2D eigenvalue weighted by atomic mass is 10.0. The van der Waals surface area contributed by atoms with E-state index in [2.05, 4.69) is 45.3 Å². The number of nitrogens with one attached hydrogen (secondary N) is 1. The van der Waals surface area contributed by atoms with Crippen LogP contribution in [0.1, 0.15) is 10.4 Å². The van der Waals surface area contributed by atoms with E-state index in [9.17, 15) is 4.79 Å². The molecule has 4 aromatic rings. The summed E-state index contributed by atoms with van der Waals surface area (Å²) in [5.74, 6) is 2.19. The average molecular weight is 450 g/mol. The number of amides is 1. The Labute approximate surface area is 200 Å². The minimum absolute atomic E-state index is 0.173. The molecule has 0 atom stereocenters. The van der Waals surface area contributed by atoms with E-state index in [4.69, 9.17) is 16.4 Å². The molecular weight excluding hydrogens is 422 g/mol. The summed E-state index contributed by atoms with van der Waals surface area (Å²) in [6, 6.07) is 21.8. The van der Waals surface area contributed by atoms with Crippen LogP contribution in [0.2, 0.25) is 0 Å². The minimum atomic E-state index is -0.236. The molecule has 6 heteroatoms. The Bertz CT molecular complexity index is 1400. The second-order valence-corrected chi connectivity index (χ2v) is 8.40. The molecule has 4 rings (SSSR count). The van der Waals surface area contributed by atoms with Gasteiger partial charge in [-0.05, 0) is 42.5 Å². The van der Waals surface area contributed by atoms with Crippen molar-refractivity contribution in [3.63, 3.8) is 0 Å². The fourth-order valence-corrected chi connectivity index (χ4v) is 3.69. The number of nitrogens with zero attached hydrogens (tertiary/aromatic N) is 4. The number of carbonyl (C=O) groups is 1. The molecule has 0 saturated carbocycles. The number of fused-ring (bicyclic) bond motifs is 1. The van der Waals surface area contributed by atoms with Gasteiger partial charge in [0, 0.05) is 56.3 Å². The van der Waals surface area contributed by atoms with Crippen LogP contribution in [0.15, 0.2) is 66.7 Å². The molecule has 0 saturated heterocycles. The van der Waals surface area contributed by atoms with Gasteiger partial charge in [-0.3, -0.25) is 4.79 Å². The van der Waals surface area contributed by atoms with Crippen LogP contribution in [-0.4, -0.2) is 50.6 Å². The van der Waals surface area contributed by atoms with Crippen molar-refractivity contribution >= 4 is 28.3 Å².